The Hall–Kier alpha value is -1.22. The van der Waals surface area contributed by atoms with Gasteiger partial charge in [-0.15, -0.1) is 0 Å². The number of benzene rings is 1. The lowest BCUT2D eigenvalue weighted by Gasteiger charge is -2.22. The van der Waals surface area contributed by atoms with E-state index in [1.807, 2.05) is 0 Å². The summed E-state index contributed by atoms with van der Waals surface area (Å²) in [7, 11) is 2.26. The van der Waals surface area contributed by atoms with Crippen LogP contribution in [-0.2, 0) is 0 Å². The summed E-state index contributed by atoms with van der Waals surface area (Å²) in [6, 6.07) is 7.30. The Morgan fingerprint density at radius 3 is 2.95 bits per heavy atom. The molecular weight excluding hydrogens is 248 g/mol. The number of likely N-dealkylation sites (tertiary alicyclic amines) is 1. The minimum Gasteiger partial charge on any atom is -0.491 e. The molecule has 0 unspecified atom stereocenters. The molecule has 3 nitrogen and oxygen atoms in total. The van der Waals surface area contributed by atoms with Crippen LogP contribution in [0.25, 0.3) is 0 Å². The van der Waals surface area contributed by atoms with Crippen molar-refractivity contribution in [1.29, 1.82) is 0 Å². The SMILES string of the molecule is CC(C)Oc1ccc2c(c1)NC[C@H]2C[C@H]1CCCN1C. The van der Waals surface area contributed by atoms with Crippen LogP contribution < -0.4 is 10.1 Å². The first-order valence-corrected chi connectivity index (χ1v) is 7.88. The Balaban J connectivity index is 1.70. The maximum atomic E-state index is 5.78. The minimum atomic E-state index is 0.234. The fourth-order valence-electron chi connectivity index (χ4n) is 3.55. The molecule has 0 aliphatic carbocycles. The lowest BCUT2D eigenvalue weighted by Crippen LogP contribution is -2.27. The zero-order chi connectivity index (χ0) is 14.1. The van der Waals surface area contributed by atoms with E-state index in [1.54, 1.807) is 0 Å². The van der Waals surface area contributed by atoms with Crippen molar-refractivity contribution in [2.45, 2.75) is 51.2 Å². The van der Waals surface area contributed by atoms with E-state index in [9.17, 15) is 0 Å². The van der Waals surface area contributed by atoms with Crippen LogP contribution >= 0.6 is 0 Å². The highest BCUT2D eigenvalue weighted by atomic mass is 16.5. The lowest BCUT2D eigenvalue weighted by atomic mass is 9.93. The third kappa shape index (κ3) is 2.78. The van der Waals surface area contributed by atoms with Crippen LogP contribution in [0.1, 0.15) is 44.6 Å². The molecule has 2 heterocycles. The number of nitrogens with one attached hydrogen (secondary N) is 1. The van der Waals surface area contributed by atoms with Gasteiger partial charge in [-0.2, -0.15) is 0 Å². The van der Waals surface area contributed by atoms with Gasteiger partial charge in [0, 0.05) is 30.3 Å². The predicted molar refractivity (Wildman–Crippen MR) is 83.7 cm³/mol. The molecule has 0 amide bonds. The van der Waals surface area contributed by atoms with Crippen molar-refractivity contribution < 1.29 is 4.74 Å². The average Bonchev–Trinajstić information content (AvgIpc) is 2.97. The largest absolute Gasteiger partial charge is 0.491 e. The van der Waals surface area contributed by atoms with E-state index >= 15 is 0 Å². The molecule has 2 aliphatic heterocycles. The van der Waals surface area contributed by atoms with Gasteiger partial charge in [0.1, 0.15) is 5.75 Å². The molecular formula is C17H26N2O. The summed E-state index contributed by atoms with van der Waals surface area (Å²) < 4.78 is 5.78. The number of hydrogen-bond donors (Lipinski definition) is 1. The third-order valence-electron chi connectivity index (χ3n) is 4.60. The number of anilines is 1. The normalized spacial score (nSPS) is 25.8. The number of hydrogen-bond acceptors (Lipinski definition) is 3. The maximum absolute atomic E-state index is 5.78. The summed E-state index contributed by atoms with van der Waals surface area (Å²) in [5.41, 5.74) is 2.75. The van der Waals surface area contributed by atoms with Gasteiger partial charge in [0.2, 0.25) is 0 Å². The summed E-state index contributed by atoms with van der Waals surface area (Å²) in [5, 5.41) is 3.55. The number of rotatable bonds is 4. The molecule has 0 spiro atoms. The second kappa shape index (κ2) is 5.65. The van der Waals surface area contributed by atoms with Gasteiger partial charge < -0.3 is 15.0 Å². The summed E-state index contributed by atoms with van der Waals surface area (Å²) in [5.74, 6) is 1.63. The van der Waals surface area contributed by atoms with Crippen molar-refractivity contribution in [3.05, 3.63) is 23.8 Å². The highest BCUT2D eigenvalue weighted by Crippen LogP contribution is 2.38. The first-order chi connectivity index (χ1) is 9.63. The van der Waals surface area contributed by atoms with Crippen molar-refractivity contribution in [2.24, 2.45) is 0 Å². The van der Waals surface area contributed by atoms with Gasteiger partial charge in [-0.05, 0) is 58.3 Å². The Bertz CT molecular complexity index is 472. The second-order valence-corrected chi connectivity index (χ2v) is 6.51. The molecule has 1 aromatic rings. The molecule has 0 bridgehead atoms. The summed E-state index contributed by atoms with van der Waals surface area (Å²) in [4.78, 5) is 2.52. The van der Waals surface area contributed by atoms with Gasteiger partial charge in [0.15, 0.2) is 0 Å². The Kier molecular flexibility index (Phi) is 3.88. The molecule has 0 radical (unpaired) electrons. The van der Waals surface area contributed by atoms with Gasteiger partial charge in [-0.1, -0.05) is 6.07 Å². The lowest BCUT2D eigenvalue weighted by molar-refractivity contribution is 0.242. The van der Waals surface area contributed by atoms with E-state index in [4.69, 9.17) is 4.74 Å². The predicted octanol–water partition coefficient (Wildman–Crippen LogP) is 3.47. The van der Waals surface area contributed by atoms with E-state index in [1.165, 1.54) is 37.1 Å². The summed E-state index contributed by atoms with van der Waals surface area (Å²) in [6.07, 6.45) is 4.23. The van der Waals surface area contributed by atoms with Crippen molar-refractivity contribution in [3.8, 4) is 5.75 Å². The first kappa shape index (κ1) is 13.7. The van der Waals surface area contributed by atoms with Gasteiger partial charge >= 0.3 is 0 Å². The van der Waals surface area contributed by atoms with E-state index < -0.39 is 0 Å². The molecule has 2 aliphatic rings. The molecule has 20 heavy (non-hydrogen) atoms. The van der Waals surface area contributed by atoms with Gasteiger partial charge in [-0.3, -0.25) is 0 Å². The number of nitrogens with zero attached hydrogens (tertiary/aromatic N) is 1. The zero-order valence-electron chi connectivity index (χ0n) is 12.9. The number of fused-ring (bicyclic) bond motifs is 1. The van der Waals surface area contributed by atoms with E-state index in [2.05, 4.69) is 49.3 Å². The Morgan fingerprint density at radius 1 is 1.40 bits per heavy atom. The molecule has 0 saturated carbocycles. The second-order valence-electron chi connectivity index (χ2n) is 6.51. The summed E-state index contributed by atoms with van der Waals surface area (Å²) >= 11 is 0. The van der Waals surface area contributed by atoms with Gasteiger partial charge in [-0.25, -0.2) is 0 Å². The van der Waals surface area contributed by atoms with Crippen LogP contribution in [0.3, 0.4) is 0 Å². The first-order valence-electron chi connectivity index (χ1n) is 7.88. The molecule has 0 aromatic heterocycles. The Labute approximate surface area is 122 Å². The standard InChI is InChI=1S/C17H26N2O/c1-12(2)20-15-6-7-16-13(11-18-17(16)10-15)9-14-5-4-8-19(14)3/h6-7,10,12-14,18H,4-5,8-9,11H2,1-3H3/t13-,14-/m1/s1. The topological polar surface area (TPSA) is 24.5 Å². The number of ether oxygens (including phenoxy) is 1. The Morgan fingerprint density at radius 2 is 2.25 bits per heavy atom. The fourth-order valence-corrected chi connectivity index (χ4v) is 3.55. The van der Waals surface area contributed by atoms with Crippen LogP contribution in [0, 0.1) is 0 Å². The van der Waals surface area contributed by atoms with Crippen molar-refractivity contribution in [2.75, 3.05) is 25.5 Å². The highest BCUT2D eigenvalue weighted by Gasteiger charge is 2.29. The molecule has 1 N–H and O–H groups in total. The van der Waals surface area contributed by atoms with E-state index in [0.717, 1.165) is 18.3 Å². The van der Waals surface area contributed by atoms with Crippen LogP contribution in [0.2, 0.25) is 0 Å². The quantitative estimate of drug-likeness (QED) is 0.910. The fraction of sp³-hybridized carbons (Fsp3) is 0.647. The monoisotopic (exact) mass is 274 g/mol. The van der Waals surface area contributed by atoms with Crippen LogP contribution in [0.5, 0.6) is 5.75 Å². The van der Waals surface area contributed by atoms with Crippen LogP contribution in [0.4, 0.5) is 5.69 Å². The van der Waals surface area contributed by atoms with Crippen molar-refractivity contribution in [1.82, 2.24) is 4.90 Å². The van der Waals surface area contributed by atoms with Crippen molar-refractivity contribution >= 4 is 5.69 Å². The molecule has 1 fully saturated rings. The molecule has 1 saturated heterocycles. The minimum absolute atomic E-state index is 0.234. The average molecular weight is 274 g/mol. The van der Waals surface area contributed by atoms with E-state index in [-0.39, 0.29) is 6.10 Å². The zero-order valence-corrected chi connectivity index (χ0v) is 12.9. The maximum Gasteiger partial charge on any atom is 0.121 e. The molecule has 3 heteroatoms. The molecule has 2 atom stereocenters. The molecule has 110 valence electrons. The summed E-state index contributed by atoms with van der Waals surface area (Å²) in [6.45, 7) is 6.47. The van der Waals surface area contributed by atoms with Gasteiger partial charge in [0.05, 0.1) is 6.10 Å². The van der Waals surface area contributed by atoms with Gasteiger partial charge in [0.25, 0.3) is 0 Å². The molecule has 1 aromatic carbocycles. The van der Waals surface area contributed by atoms with E-state index in [0.29, 0.717) is 5.92 Å². The molecule has 3 rings (SSSR count). The van der Waals surface area contributed by atoms with Crippen molar-refractivity contribution in [3.63, 3.8) is 0 Å². The smallest absolute Gasteiger partial charge is 0.121 e. The van der Waals surface area contributed by atoms with Crippen LogP contribution in [0.15, 0.2) is 18.2 Å². The van der Waals surface area contributed by atoms with Crippen LogP contribution in [-0.4, -0.2) is 37.2 Å². The third-order valence-corrected chi connectivity index (χ3v) is 4.60. The highest BCUT2D eigenvalue weighted by molar-refractivity contribution is 5.60.